The molecular weight excluding hydrogens is 268 g/mol. The standard InChI is InChI=1S/C11H18N4O3S/c1-8-6-15(4-3-13-8)19(17,18)9-5-10(11(12)16)14(2)7-9/h5,7-8,13H,3-4,6H2,1-2H3,(H2,12,16)/t8-/m0/s1. The molecule has 1 atom stereocenters. The summed E-state index contributed by atoms with van der Waals surface area (Å²) in [5.74, 6) is -0.641. The molecule has 2 rings (SSSR count). The molecule has 0 radical (unpaired) electrons. The summed E-state index contributed by atoms with van der Waals surface area (Å²) in [4.78, 5) is 11.3. The van der Waals surface area contributed by atoms with E-state index in [1.54, 1.807) is 7.05 Å². The second-order valence-corrected chi connectivity index (χ2v) is 6.69. The predicted octanol–water partition coefficient (Wildman–Crippen LogP) is -0.894. The van der Waals surface area contributed by atoms with Crippen molar-refractivity contribution in [1.82, 2.24) is 14.2 Å². The Morgan fingerprint density at radius 2 is 2.21 bits per heavy atom. The van der Waals surface area contributed by atoms with Crippen LogP contribution in [-0.2, 0) is 17.1 Å². The molecule has 0 bridgehead atoms. The number of carbonyl (C=O) groups excluding carboxylic acids is 1. The van der Waals surface area contributed by atoms with E-state index in [1.165, 1.54) is 21.1 Å². The Bertz CT molecular complexity index is 593. The first-order valence-corrected chi connectivity index (χ1v) is 7.46. The molecule has 0 aliphatic carbocycles. The van der Waals surface area contributed by atoms with Crippen LogP contribution in [0, 0.1) is 0 Å². The molecule has 1 aromatic rings. The summed E-state index contributed by atoms with van der Waals surface area (Å²) in [7, 11) is -1.97. The fourth-order valence-electron chi connectivity index (χ4n) is 2.18. The molecule has 1 amide bonds. The van der Waals surface area contributed by atoms with Crippen LogP contribution in [0.15, 0.2) is 17.2 Å². The summed E-state index contributed by atoms with van der Waals surface area (Å²) >= 11 is 0. The Morgan fingerprint density at radius 1 is 1.53 bits per heavy atom. The number of nitrogens with one attached hydrogen (secondary N) is 1. The first-order chi connectivity index (χ1) is 8.82. The van der Waals surface area contributed by atoms with Gasteiger partial charge >= 0.3 is 0 Å². The zero-order chi connectivity index (χ0) is 14.2. The van der Waals surface area contributed by atoms with Crippen molar-refractivity contribution in [2.75, 3.05) is 19.6 Å². The van der Waals surface area contributed by atoms with Gasteiger partial charge in [-0.15, -0.1) is 0 Å². The largest absolute Gasteiger partial charge is 0.364 e. The van der Waals surface area contributed by atoms with Crippen molar-refractivity contribution >= 4 is 15.9 Å². The Labute approximate surface area is 112 Å². The number of piperazine rings is 1. The molecule has 0 aromatic carbocycles. The maximum absolute atomic E-state index is 12.5. The van der Waals surface area contributed by atoms with Crippen LogP contribution in [0.1, 0.15) is 17.4 Å². The highest BCUT2D eigenvalue weighted by atomic mass is 32.2. The fourth-order valence-corrected chi connectivity index (χ4v) is 3.79. The van der Waals surface area contributed by atoms with E-state index >= 15 is 0 Å². The Hall–Kier alpha value is -1.38. The Morgan fingerprint density at radius 3 is 2.74 bits per heavy atom. The summed E-state index contributed by atoms with van der Waals surface area (Å²) in [5.41, 5.74) is 5.38. The lowest BCUT2D eigenvalue weighted by Gasteiger charge is -2.30. The maximum atomic E-state index is 12.5. The van der Waals surface area contributed by atoms with Crippen molar-refractivity contribution in [2.45, 2.75) is 17.9 Å². The van der Waals surface area contributed by atoms with Crippen LogP contribution in [0.2, 0.25) is 0 Å². The zero-order valence-electron chi connectivity index (χ0n) is 11.0. The minimum absolute atomic E-state index is 0.109. The third-order valence-electron chi connectivity index (χ3n) is 3.20. The van der Waals surface area contributed by atoms with Crippen LogP contribution in [0.25, 0.3) is 0 Å². The van der Waals surface area contributed by atoms with Crippen molar-refractivity contribution < 1.29 is 13.2 Å². The second kappa shape index (κ2) is 4.95. The lowest BCUT2D eigenvalue weighted by Crippen LogP contribution is -2.51. The summed E-state index contributed by atoms with van der Waals surface area (Å²) in [6, 6.07) is 1.44. The molecule has 1 saturated heterocycles. The van der Waals surface area contributed by atoms with E-state index in [4.69, 9.17) is 5.73 Å². The highest BCUT2D eigenvalue weighted by Gasteiger charge is 2.30. The average molecular weight is 286 g/mol. The maximum Gasteiger partial charge on any atom is 0.265 e. The molecule has 19 heavy (non-hydrogen) atoms. The van der Waals surface area contributed by atoms with Gasteiger partial charge in [0.05, 0.1) is 0 Å². The van der Waals surface area contributed by atoms with Gasteiger partial charge in [-0.05, 0) is 13.0 Å². The van der Waals surface area contributed by atoms with Crippen molar-refractivity contribution in [3.8, 4) is 0 Å². The van der Waals surface area contributed by atoms with Crippen LogP contribution in [0.4, 0.5) is 0 Å². The van der Waals surface area contributed by atoms with E-state index in [2.05, 4.69) is 5.32 Å². The number of amides is 1. The molecule has 0 spiro atoms. The molecule has 1 fully saturated rings. The van der Waals surface area contributed by atoms with Crippen LogP contribution >= 0.6 is 0 Å². The van der Waals surface area contributed by atoms with Crippen LogP contribution < -0.4 is 11.1 Å². The Balaban J connectivity index is 2.34. The first kappa shape index (κ1) is 14.0. The molecule has 7 nitrogen and oxygen atoms in total. The molecule has 106 valence electrons. The predicted molar refractivity (Wildman–Crippen MR) is 70.2 cm³/mol. The van der Waals surface area contributed by atoms with Crippen LogP contribution in [-0.4, -0.2) is 48.9 Å². The highest BCUT2D eigenvalue weighted by molar-refractivity contribution is 7.89. The zero-order valence-corrected chi connectivity index (χ0v) is 11.8. The third kappa shape index (κ3) is 2.65. The first-order valence-electron chi connectivity index (χ1n) is 6.02. The minimum atomic E-state index is -3.57. The van der Waals surface area contributed by atoms with Crippen molar-refractivity contribution in [3.05, 3.63) is 18.0 Å². The van der Waals surface area contributed by atoms with Gasteiger partial charge in [-0.2, -0.15) is 4.31 Å². The van der Waals surface area contributed by atoms with Gasteiger partial charge in [-0.1, -0.05) is 0 Å². The molecule has 1 aliphatic rings. The molecule has 2 heterocycles. The van der Waals surface area contributed by atoms with Gasteiger partial charge in [0.15, 0.2) is 0 Å². The molecule has 8 heteroatoms. The lowest BCUT2D eigenvalue weighted by atomic mass is 10.3. The van der Waals surface area contributed by atoms with Gasteiger partial charge in [0.25, 0.3) is 5.91 Å². The molecular formula is C11H18N4O3S. The van der Waals surface area contributed by atoms with E-state index in [-0.39, 0.29) is 16.6 Å². The van der Waals surface area contributed by atoms with Gasteiger partial charge in [-0.3, -0.25) is 4.79 Å². The fraction of sp³-hybridized carbons (Fsp3) is 0.545. The molecule has 0 unspecified atom stereocenters. The van der Waals surface area contributed by atoms with E-state index in [0.717, 1.165) is 0 Å². The van der Waals surface area contributed by atoms with Crippen molar-refractivity contribution in [2.24, 2.45) is 12.8 Å². The third-order valence-corrected chi connectivity index (χ3v) is 5.03. The quantitative estimate of drug-likeness (QED) is 0.753. The number of primary amides is 1. The van der Waals surface area contributed by atoms with Gasteiger partial charge in [0, 0.05) is 38.9 Å². The summed E-state index contributed by atoms with van der Waals surface area (Å²) in [6.45, 7) is 3.40. The van der Waals surface area contributed by atoms with Gasteiger partial charge < -0.3 is 15.6 Å². The van der Waals surface area contributed by atoms with E-state index in [1.807, 2.05) is 6.92 Å². The number of rotatable bonds is 3. The molecule has 1 aliphatic heterocycles. The van der Waals surface area contributed by atoms with Gasteiger partial charge in [0.2, 0.25) is 10.0 Å². The average Bonchev–Trinajstić information content (AvgIpc) is 2.72. The number of carbonyl (C=O) groups is 1. The number of hydrogen-bond acceptors (Lipinski definition) is 4. The topological polar surface area (TPSA) is 97.4 Å². The normalized spacial score (nSPS) is 21.5. The van der Waals surface area contributed by atoms with Crippen molar-refractivity contribution in [1.29, 1.82) is 0 Å². The Kier molecular flexibility index (Phi) is 3.66. The number of sulfonamides is 1. The summed E-state index contributed by atoms with van der Waals surface area (Å²) < 4.78 is 27.8. The van der Waals surface area contributed by atoms with E-state index in [9.17, 15) is 13.2 Å². The van der Waals surface area contributed by atoms with Crippen molar-refractivity contribution in [3.63, 3.8) is 0 Å². The van der Waals surface area contributed by atoms with Gasteiger partial charge in [0.1, 0.15) is 10.6 Å². The second-order valence-electron chi connectivity index (χ2n) is 4.75. The van der Waals surface area contributed by atoms with Gasteiger partial charge in [-0.25, -0.2) is 8.42 Å². The van der Waals surface area contributed by atoms with E-state index in [0.29, 0.717) is 19.6 Å². The number of aromatic nitrogens is 1. The summed E-state index contributed by atoms with van der Waals surface area (Å²) in [5, 5.41) is 3.18. The smallest absolute Gasteiger partial charge is 0.265 e. The molecule has 1 aromatic heterocycles. The molecule has 0 saturated carbocycles. The van der Waals surface area contributed by atoms with Crippen LogP contribution in [0.3, 0.4) is 0 Å². The highest BCUT2D eigenvalue weighted by Crippen LogP contribution is 2.19. The monoisotopic (exact) mass is 286 g/mol. The molecule has 3 N–H and O–H groups in total. The van der Waals surface area contributed by atoms with E-state index < -0.39 is 15.9 Å². The number of nitrogens with zero attached hydrogens (tertiary/aromatic N) is 2. The lowest BCUT2D eigenvalue weighted by molar-refractivity contribution is 0.0992. The van der Waals surface area contributed by atoms with Crippen LogP contribution in [0.5, 0.6) is 0 Å². The number of hydrogen-bond donors (Lipinski definition) is 2. The number of aryl methyl sites for hydroxylation is 1. The summed E-state index contributed by atoms with van der Waals surface area (Å²) in [6.07, 6.45) is 1.42. The number of nitrogens with two attached hydrogens (primary N) is 1. The SMILES string of the molecule is C[C@H]1CN(S(=O)(=O)c2cc(C(N)=O)n(C)c2)CCN1. The minimum Gasteiger partial charge on any atom is -0.364 e.